The van der Waals surface area contributed by atoms with Gasteiger partial charge in [0.2, 0.25) is 0 Å². The highest BCUT2D eigenvalue weighted by Gasteiger charge is 2.27. The Labute approximate surface area is 98.1 Å². The molecular weight excluding hydrogens is 196 g/mol. The van der Waals surface area contributed by atoms with Gasteiger partial charge in [0.15, 0.2) is 0 Å². The summed E-state index contributed by atoms with van der Waals surface area (Å²) in [5.41, 5.74) is 2.59. The lowest BCUT2D eigenvalue weighted by molar-refractivity contribution is -0.0550. The van der Waals surface area contributed by atoms with Crippen LogP contribution in [0.2, 0.25) is 0 Å². The minimum absolute atomic E-state index is 0.204. The van der Waals surface area contributed by atoms with E-state index in [0.717, 1.165) is 12.8 Å². The molecule has 0 aliphatic carbocycles. The van der Waals surface area contributed by atoms with Crippen molar-refractivity contribution in [1.82, 2.24) is 0 Å². The fourth-order valence-electron chi connectivity index (χ4n) is 2.19. The van der Waals surface area contributed by atoms with Crippen molar-refractivity contribution in [1.29, 1.82) is 0 Å². The van der Waals surface area contributed by atoms with E-state index in [0.29, 0.717) is 12.0 Å². The van der Waals surface area contributed by atoms with Crippen molar-refractivity contribution >= 4 is 0 Å². The molecule has 0 radical (unpaired) electrons. The third-order valence-electron chi connectivity index (χ3n) is 3.22. The first-order valence-corrected chi connectivity index (χ1v) is 6.04. The predicted octanol–water partition coefficient (Wildman–Crippen LogP) is 4.12. The molecule has 1 aromatic carbocycles. The topological polar surface area (TPSA) is 9.23 Å². The van der Waals surface area contributed by atoms with Gasteiger partial charge in [-0.05, 0) is 24.3 Å². The summed E-state index contributed by atoms with van der Waals surface area (Å²) in [4.78, 5) is 0. The van der Waals surface area contributed by atoms with Gasteiger partial charge in [-0.25, -0.2) is 0 Å². The van der Waals surface area contributed by atoms with Gasteiger partial charge in [-0.1, -0.05) is 56.3 Å². The SMILES string of the molecule is C=C1C[C@@H](C(C)C)O[C@@H](c2ccccc2)C1. The molecule has 0 spiro atoms. The van der Waals surface area contributed by atoms with Gasteiger partial charge in [0.1, 0.15) is 0 Å². The summed E-state index contributed by atoms with van der Waals surface area (Å²) in [7, 11) is 0. The highest BCUT2D eigenvalue weighted by molar-refractivity contribution is 5.20. The van der Waals surface area contributed by atoms with Crippen molar-refractivity contribution in [2.45, 2.75) is 38.9 Å². The Kier molecular flexibility index (Phi) is 3.45. The molecule has 2 rings (SSSR count). The van der Waals surface area contributed by atoms with E-state index in [1.165, 1.54) is 11.1 Å². The summed E-state index contributed by atoms with van der Waals surface area (Å²) < 4.78 is 6.14. The number of ether oxygens (including phenoxy) is 1. The monoisotopic (exact) mass is 216 g/mol. The molecule has 0 bridgehead atoms. The van der Waals surface area contributed by atoms with Crippen molar-refractivity contribution in [3.8, 4) is 0 Å². The molecule has 86 valence electrons. The van der Waals surface area contributed by atoms with Crippen molar-refractivity contribution in [3.63, 3.8) is 0 Å². The van der Waals surface area contributed by atoms with E-state index in [4.69, 9.17) is 4.74 Å². The molecule has 0 saturated carbocycles. The maximum atomic E-state index is 6.14. The fourth-order valence-corrected chi connectivity index (χ4v) is 2.19. The maximum absolute atomic E-state index is 6.14. The summed E-state index contributed by atoms with van der Waals surface area (Å²) in [5.74, 6) is 0.559. The van der Waals surface area contributed by atoms with Crippen LogP contribution in [0.4, 0.5) is 0 Å². The predicted molar refractivity (Wildman–Crippen MR) is 67.3 cm³/mol. The zero-order chi connectivity index (χ0) is 11.5. The van der Waals surface area contributed by atoms with Crippen LogP contribution in [0.1, 0.15) is 38.4 Å². The van der Waals surface area contributed by atoms with Gasteiger partial charge in [-0.2, -0.15) is 0 Å². The quantitative estimate of drug-likeness (QED) is 0.676. The van der Waals surface area contributed by atoms with Crippen LogP contribution < -0.4 is 0 Å². The van der Waals surface area contributed by atoms with E-state index in [9.17, 15) is 0 Å². The van der Waals surface area contributed by atoms with E-state index < -0.39 is 0 Å². The zero-order valence-corrected chi connectivity index (χ0v) is 10.1. The average molecular weight is 216 g/mol. The molecule has 0 N–H and O–H groups in total. The lowest BCUT2D eigenvalue weighted by Gasteiger charge is -2.34. The third-order valence-corrected chi connectivity index (χ3v) is 3.22. The first-order valence-electron chi connectivity index (χ1n) is 6.04. The average Bonchev–Trinajstić information content (AvgIpc) is 2.29. The highest BCUT2D eigenvalue weighted by atomic mass is 16.5. The van der Waals surface area contributed by atoms with E-state index in [-0.39, 0.29) is 6.10 Å². The first kappa shape index (κ1) is 11.4. The van der Waals surface area contributed by atoms with Crippen LogP contribution in [0.15, 0.2) is 42.5 Å². The van der Waals surface area contributed by atoms with E-state index in [1.807, 2.05) is 6.07 Å². The number of benzene rings is 1. The minimum Gasteiger partial charge on any atom is -0.369 e. The molecule has 16 heavy (non-hydrogen) atoms. The van der Waals surface area contributed by atoms with Gasteiger partial charge in [-0.3, -0.25) is 0 Å². The molecule has 0 amide bonds. The van der Waals surface area contributed by atoms with Crippen LogP contribution in [-0.2, 0) is 4.74 Å². The molecule has 0 aromatic heterocycles. The second-order valence-electron chi connectivity index (χ2n) is 4.98. The molecular formula is C15H20O. The van der Waals surface area contributed by atoms with Crippen LogP contribution in [0.25, 0.3) is 0 Å². The second-order valence-corrected chi connectivity index (χ2v) is 4.98. The van der Waals surface area contributed by atoms with Crippen molar-refractivity contribution in [3.05, 3.63) is 48.0 Å². The van der Waals surface area contributed by atoms with Crippen LogP contribution in [0.3, 0.4) is 0 Å². The van der Waals surface area contributed by atoms with Gasteiger partial charge in [0, 0.05) is 0 Å². The second kappa shape index (κ2) is 4.84. The molecule has 1 heteroatoms. The Balaban J connectivity index is 2.14. The normalized spacial score (nSPS) is 26.1. The summed E-state index contributed by atoms with van der Waals surface area (Å²) in [6, 6.07) is 10.5. The zero-order valence-electron chi connectivity index (χ0n) is 10.1. The van der Waals surface area contributed by atoms with Crippen molar-refractivity contribution in [2.24, 2.45) is 5.92 Å². The first-order chi connectivity index (χ1) is 7.66. The van der Waals surface area contributed by atoms with E-state index in [2.05, 4.69) is 44.7 Å². The third kappa shape index (κ3) is 2.53. The lowest BCUT2D eigenvalue weighted by Crippen LogP contribution is -2.27. The Bertz CT molecular complexity index is 353. The Morgan fingerprint density at radius 3 is 2.50 bits per heavy atom. The number of rotatable bonds is 2. The van der Waals surface area contributed by atoms with Gasteiger partial charge < -0.3 is 4.74 Å². The standard InChI is InChI=1S/C15H20O/c1-11(2)14-9-12(3)10-15(16-14)13-7-5-4-6-8-13/h4-8,11,14-15H,3,9-10H2,1-2H3/t14-,15+/m0/s1. The summed E-state index contributed by atoms with van der Waals surface area (Å²) in [6.45, 7) is 8.57. The molecule has 1 fully saturated rings. The molecule has 1 saturated heterocycles. The van der Waals surface area contributed by atoms with Crippen LogP contribution in [0.5, 0.6) is 0 Å². The summed E-state index contributed by atoms with van der Waals surface area (Å²) in [6.07, 6.45) is 2.51. The smallest absolute Gasteiger partial charge is 0.0865 e. The Morgan fingerprint density at radius 1 is 1.19 bits per heavy atom. The van der Waals surface area contributed by atoms with Gasteiger partial charge in [-0.15, -0.1) is 0 Å². The molecule has 0 unspecified atom stereocenters. The van der Waals surface area contributed by atoms with Gasteiger partial charge >= 0.3 is 0 Å². The molecule has 1 aliphatic heterocycles. The Morgan fingerprint density at radius 2 is 1.88 bits per heavy atom. The summed E-state index contributed by atoms with van der Waals surface area (Å²) >= 11 is 0. The van der Waals surface area contributed by atoms with E-state index in [1.54, 1.807) is 0 Å². The molecule has 2 atom stereocenters. The van der Waals surface area contributed by atoms with Crippen LogP contribution in [-0.4, -0.2) is 6.10 Å². The fraction of sp³-hybridized carbons (Fsp3) is 0.467. The largest absolute Gasteiger partial charge is 0.369 e. The highest BCUT2D eigenvalue weighted by Crippen LogP contribution is 2.35. The van der Waals surface area contributed by atoms with Gasteiger partial charge in [0.05, 0.1) is 12.2 Å². The molecule has 1 nitrogen and oxygen atoms in total. The van der Waals surface area contributed by atoms with Crippen LogP contribution in [0, 0.1) is 5.92 Å². The van der Waals surface area contributed by atoms with Crippen molar-refractivity contribution < 1.29 is 4.74 Å². The minimum atomic E-state index is 0.204. The number of hydrogen-bond donors (Lipinski definition) is 0. The van der Waals surface area contributed by atoms with Crippen LogP contribution >= 0.6 is 0 Å². The lowest BCUT2D eigenvalue weighted by atomic mass is 9.90. The Hall–Kier alpha value is -1.08. The maximum Gasteiger partial charge on any atom is 0.0865 e. The summed E-state index contributed by atoms with van der Waals surface area (Å²) in [5, 5.41) is 0. The molecule has 1 aromatic rings. The number of hydrogen-bond acceptors (Lipinski definition) is 1. The molecule has 1 heterocycles. The van der Waals surface area contributed by atoms with Crippen molar-refractivity contribution in [2.75, 3.05) is 0 Å². The van der Waals surface area contributed by atoms with E-state index >= 15 is 0 Å². The van der Waals surface area contributed by atoms with Gasteiger partial charge in [0.25, 0.3) is 0 Å². The molecule has 1 aliphatic rings.